The number of anilines is 1. The molecule has 1 aliphatic carbocycles. The number of carbonyl (C=O) groups excluding carboxylic acids is 1. The van der Waals surface area contributed by atoms with Crippen LogP contribution in [-0.2, 0) is 0 Å². The topological polar surface area (TPSA) is 54.0 Å². The Hall–Kier alpha value is -1.58. The van der Waals surface area contributed by atoms with Gasteiger partial charge in [0.05, 0.1) is 17.4 Å². The number of hydrogen-bond donors (Lipinski definition) is 2. The van der Waals surface area contributed by atoms with E-state index in [-0.39, 0.29) is 5.91 Å². The van der Waals surface area contributed by atoms with Crippen LogP contribution in [0.5, 0.6) is 0 Å². The zero-order valence-electron chi connectivity index (χ0n) is 12.0. The van der Waals surface area contributed by atoms with Crippen LogP contribution in [0.3, 0.4) is 0 Å². The maximum Gasteiger partial charge on any atom is 0.253 e. The van der Waals surface area contributed by atoms with E-state index in [1.807, 2.05) is 0 Å². The van der Waals surface area contributed by atoms with Crippen molar-refractivity contribution in [1.82, 2.24) is 10.3 Å². The van der Waals surface area contributed by atoms with Crippen LogP contribution in [0.15, 0.2) is 18.5 Å². The van der Waals surface area contributed by atoms with E-state index in [2.05, 4.69) is 29.5 Å². The van der Waals surface area contributed by atoms with Gasteiger partial charge in [0, 0.05) is 19.3 Å². The van der Waals surface area contributed by atoms with Gasteiger partial charge in [-0.3, -0.25) is 9.78 Å². The Labute approximate surface area is 115 Å². The minimum atomic E-state index is -0.00328. The molecule has 2 N–H and O–H groups in total. The Bertz CT molecular complexity index is 446. The molecule has 0 aromatic carbocycles. The van der Waals surface area contributed by atoms with Crippen molar-refractivity contribution >= 4 is 11.6 Å². The van der Waals surface area contributed by atoms with E-state index in [4.69, 9.17) is 0 Å². The summed E-state index contributed by atoms with van der Waals surface area (Å²) in [5.74, 6) is -0.00328. The number of nitrogens with zero attached hydrogens (tertiary/aromatic N) is 1. The molecule has 0 saturated heterocycles. The van der Waals surface area contributed by atoms with Gasteiger partial charge in [0.25, 0.3) is 5.91 Å². The number of pyridine rings is 1. The molecule has 0 spiro atoms. The summed E-state index contributed by atoms with van der Waals surface area (Å²) in [6.07, 6.45) is 7.82. The lowest BCUT2D eigenvalue weighted by molar-refractivity contribution is 0.0910. The van der Waals surface area contributed by atoms with Crippen LogP contribution in [0.25, 0.3) is 0 Å². The Kier molecular flexibility index (Phi) is 4.08. The van der Waals surface area contributed by atoms with E-state index in [0.717, 1.165) is 18.5 Å². The molecule has 4 heteroatoms. The highest BCUT2D eigenvalue weighted by Crippen LogP contribution is 2.35. The van der Waals surface area contributed by atoms with E-state index >= 15 is 0 Å². The van der Waals surface area contributed by atoms with Gasteiger partial charge in [0.15, 0.2) is 0 Å². The third-order valence-corrected chi connectivity index (χ3v) is 4.01. The van der Waals surface area contributed by atoms with Gasteiger partial charge < -0.3 is 10.6 Å². The molecule has 0 bridgehead atoms. The quantitative estimate of drug-likeness (QED) is 0.879. The van der Waals surface area contributed by atoms with Crippen LogP contribution in [0.4, 0.5) is 5.69 Å². The van der Waals surface area contributed by atoms with E-state index in [1.165, 1.54) is 12.8 Å². The number of hydrogen-bond acceptors (Lipinski definition) is 3. The van der Waals surface area contributed by atoms with Crippen molar-refractivity contribution in [3.8, 4) is 0 Å². The van der Waals surface area contributed by atoms with Crippen molar-refractivity contribution in [2.24, 2.45) is 5.41 Å². The molecule has 0 unspecified atom stereocenters. The van der Waals surface area contributed by atoms with Gasteiger partial charge >= 0.3 is 0 Å². The molecule has 1 aromatic rings. The molecule has 1 aromatic heterocycles. The SMILES string of the molecule is CNc1cnccc1C(=O)NC1CCC(C)(C)CC1. The molecule has 4 nitrogen and oxygen atoms in total. The third kappa shape index (κ3) is 3.46. The largest absolute Gasteiger partial charge is 0.386 e. The van der Waals surface area contributed by atoms with Crippen LogP contribution in [0, 0.1) is 5.41 Å². The normalized spacial score (nSPS) is 18.9. The lowest BCUT2D eigenvalue weighted by Gasteiger charge is -2.34. The van der Waals surface area contributed by atoms with E-state index in [9.17, 15) is 4.79 Å². The monoisotopic (exact) mass is 261 g/mol. The predicted octanol–water partition coefficient (Wildman–Crippen LogP) is 2.82. The minimum absolute atomic E-state index is 0.00328. The zero-order valence-corrected chi connectivity index (χ0v) is 12.0. The summed E-state index contributed by atoms with van der Waals surface area (Å²) in [5.41, 5.74) is 1.87. The first kappa shape index (κ1) is 13.8. The molecule has 1 fully saturated rings. The second-order valence-corrected chi connectivity index (χ2v) is 6.08. The number of aromatic nitrogens is 1. The van der Waals surface area contributed by atoms with Crippen LogP contribution < -0.4 is 10.6 Å². The highest BCUT2D eigenvalue weighted by atomic mass is 16.1. The number of carbonyl (C=O) groups is 1. The summed E-state index contributed by atoms with van der Waals surface area (Å²) in [5, 5.41) is 6.14. The van der Waals surface area contributed by atoms with Crippen molar-refractivity contribution in [1.29, 1.82) is 0 Å². The van der Waals surface area contributed by atoms with Crippen LogP contribution in [0.1, 0.15) is 49.9 Å². The highest BCUT2D eigenvalue weighted by Gasteiger charge is 2.27. The second-order valence-electron chi connectivity index (χ2n) is 6.08. The van der Waals surface area contributed by atoms with Crippen molar-refractivity contribution < 1.29 is 4.79 Å². The number of amides is 1. The highest BCUT2D eigenvalue weighted by molar-refractivity contribution is 5.99. The fraction of sp³-hybridized carbons (Fsp3) is 0.600. The Morgan fingerprint density at radius 3 is 2.68 bits per heavy atom. The summed E-state index contributed by atoms with van der Waals surface area (Å²) >= 11 is 0. The van der Waals surface area contributed by atoms with Gasteiger partial charge in [-0.05, 0) is 37.2 Å². The average Bonchev–Trinajstić information content (AvgIpc) is 2.41. The lowest BCUT2D eigenvalue weighted by Crippen LogP contribution is -2.39. The van der Waals surface area contributed by atoms with Crippen LogP contribution in [0.2, 0.25) is 0 Å². The molecular weight excluding hydrogens is 238 g/mol. The molecule has 1 amide bonds. The summed E-state index contributed by atoms with van der Waals surface area (Å²) in [7, 11) is 1.80. The molecular formula is C15H23N3O. The molecule has 104 valence electrons. The van der Waals surface area contributed by atoms with Gasteiger partial charge in [0.2, 0.25) is 0 Å². The standard InChI is InChI=1S/C15H23N3O/c1-15(2)7-4-11(5-8-15)18-14(19)12-6-9-17-10-13(12)16-3/h6,9-11,16H,4-5,7-8H2,1-3H3,(H,18,19). The van der Waals surface area contributed by atoms with Gasteiger partial charge in [-0.25, -0.2) is 0 Å². The molecule has 1 heterocycles. The van der Waals surface area contributed by atoms with Crippen LogP contribution >= 0.6 is 0 Å². The molecule has 1 aliphatic rings. The van der Waals surface area contributed by atoms with Crippen molar-refractivity contribution in [2.75, 3.05) is 12.4 Å². The predicted molar refractivity (Wildman–Crippen MR) is 77.3 cm³/mol. The van der Waals surface area contributed by atoms with E-state index < -0.39 is 0 Å². The first-order valence-corrected chi connectivity index (χ1v) is 6.94. The third-order valence-electron chi connectivity index (χ3n) is 4.01. The van der Waals surface area contributed by atoms with E-state index in [0.29, 0.717) is 17.0 Å². The first-order valence-electron chi connectivity index (χ1n) is 6.94. The summed E-state index contributed by atoms with van der Waals surface area (Å²) in [6.45, 7) is 4.60. The van der Waals surface area contributed by atoms with Crippen molar-refractivity contribution in [2.45, 2.75) is 45.6 Å². The fourth-order valence-electron chi connectivity index (χ4n) is 2.60. The molecule has 0 radical (unpaired) electrons. The van der Waals surface area contributed by atoms with Crippen LogP contribution in [-0.4, -0.2) is 24.0 Å². The first-order chi connectivity index (χ1) is 9.02. The zero-order chi connectivity index (χ0) is 13.9. The Morgan fingerprint density at radius 1 is 1.37 bits per heavy atom. The smallest absolute Gasteiger partial charge is 0.253 e. The minimum Gasteiger partial charge on any atom is -0.386 e. The van der Waals surface area contributed by atoms with Gasteiger partial charge in [-0.1, -0.05) is 13.8 Å². The molecule has 0 aliphatic heterocycles. The maximum absolute atomic E-state index is 12.3. The lowest BCUT2D eigenvalue weighted by atomic mass is 9.75. The molecule has 1 saturated carbocycles. The second kappa shape index (κ2) is 5.59. The number of nitrogens with one attached hydrogen (secondary N) is 2. The maximum atomic E-state index is 12.3. The Morgan fingerprint density at radius 2 is 2.05 bits per heavy atom. The number of rotatable bonds is 3. The molecule has 0 atom stereocenters. The Balaban J connectivity index is 1.98. The van der Waals surface area contributed by atoms with E-state index in [1.54, 1.807) is 25.5 Å². The summed E-state index contributed by atoms with van der Waals surface area (Å²) < 4.78 is 0. The summed E-state index contributed by atoms with van der Waals surface area (Å²) in [4.78, 5) is 16.3. The molecule has 19 heavy (non-hydrogen) atoms. The van der Waals surface area contributed by atoms with Gasteiger partial charge in [-0.2, -0.15) is 0 Å². The average molecular weight is 261 g/mol. The summed E-state index contributed by atoms with van der Waals surface area (Å²) in [6, 6.07) is 2.06. The molecule has 2 rings (SSSR count). The van der Waals surface area contributed by atoms with Gasteiger partial charge in [-0.15, -0.1) is 0 Å². The van der Waals surface area contributed by atoms with Gasteiger partial charge in [0.1, 0.15) is 0 Å². The van der Waals surface area contributed by atoms with Crippen molar-refractivity contribution in [3.05, 3.63) is 24.0 Å². The van der Waals surface area contributed by atoms with Crippen molar-refractivity contribution in [3.63, 3.8) is 0 Å². The fourth-order valence-corrected chi connectivity index (χ4v) is 2.60.